The maximum atomic E-state index is 12.1. The second-order valence-electron chi connectivity index (χ2n) is 11.2. The number of piperazine rings is 1. The molecule has 2 aliphatic heterocycles. The Hall–Kier alpha value is -4.95. The second-order valence-corrected chi connectivity index (χ2v) is 11.2. The highest BCUT2D eigenvalue weighted by Gasteiger charge is 2.25. The molecule has 8 nitrogen and oxygen atoms in total. The Morgan fingerprint density at radius 3 is 2.05 bits per heavy atom. The number of allylic oxidation sites excluding steroid dienone is 1. The molecule has 2 fully saturated rings. The Kier molecular flexibility index (Phi) is 8.70. The molecule has 0 aliphatic carbocycles. The summed E-state index contributed by atoms with van der Waals surface area (Å²) in [4.78, 5) is 34.5. The quantitative estimate of drug-likeness (QED) is 0.249. The van der Waals surface area contributed by atoms with Crippen LogP contribution in [0.5, 0.6) is 5.75 Å². The van der Waals surface area contributed by atoms with E-state index in [4.69, 9.17) is 0 Å². The third-order valence-corrected chi connectivity index (χ3v) is 8.39. The molecule has 6 rings (SSSR count). The zero-order valence-electron chi connectivity index (χ0n) is 24.9. The highest BCUT2D eigenvalue weighted by atomic mass is 16.3. The Balaban J connectivity index is 1.12. The standard InChI is InChI=1S/C36H37N5O3/c1-2-33(26-6-4-3-5-7-26)35(28-10-16-32(42)17-11-28)27-8-13-30(14-9-27)40-22-20-39(21-23-40)25-29-12-15-31(24-37-29)41-19-18-34(43)38-36(41)44/h3-17,24,42H,2,18-23,25H2,1H3,(H,38,43,44). The fourth-order valence-corrected chi connectivity index (χ4v) is 6.02. The minimum Gasteiger partial charge on any atom is -0.508 e. The first kappa shape index (κ1) is 29.1. The number of carbonyl (C=O) groups excluding carboxylic acids is 2. The van der Waals surface area contributed by atoms with Crippen LogP contribution in [0.25, 0.3) is 11.1 Å². The number of aromatic hydroxyl groups is 1. The van der Waals surface area contributed by atoms with Crippen LogP contribution < -0.4 is 15.1 Å². The minimum absolute atomic E-state index is 0.240. The molecule has 0 saturated carbocycles. The van der Waals surface area contributed by atoms with Crippen molar-refractivity contribution in [1.29, 1.82) is 0 Å². The smallest absolute Gasteiger partial charge is 0.328 e. The van der Waals surface area contributed by atoms with Crippen LogP contribution in [0, 0.1) is 0 Å². The van der Waals surface area contributed by atoms with Crippen LogP contribution >= 0.6 is 0 Å². The molecule has 2 saturated heterocycles. The van der Waals surface area contributed by atoms with Crippen LogP contribution in [-0.4, -0.2) is 59.7 Å². The van der Waals surface area contributed by atoms with E-state index in [-0.39, 0.29) is 11.7 Å². The zero-order chi connectivity index (χ0) is 30.5. The average molecular weight is 588 g/mol. The van der Waals surface area contributed by atoms with Gasteiger partial charge in [0, 0.05) is 51.4 Å². The number of nitrogens with one attached hydrogen (secondary N) is 1. The predicted molar refractivity (Wildman–Crippen MR) is 174 cm³/mol. The molecule has 0 atom stereocenters. The molecule has 3 heterocycles. The molecular weight excluding hydrogens is 550 g/mol. The number of hydrogen-bond donors (Lipinski definition) is 2. The van der Waals surface area contributed by atoms with Gasteiger partial charge in [0.15, 0.2) is 0 Å². The van der Waals surface area contributed by atoms with Crippen molar-refractivity contribution >= 4 is 34.5 Å². The number of aromatic nitrogens is 1. The van der Waals surface area contributed by atoms with Crippen LogP contribution in [0.2, 0.25) is 0 Å². The molecule has 224 valence electrons. The molecule has 4 aromatic rings. The number of anilines is 2. The van der Waals surface area contributed by atoms with Gasteiger partial charge in [0.1, 0.15) is 5.75 Å². The highest BCUT2D eigenvalue weighted by Crippen LogP contribution is 2.35. The first-order valence-electron chi connectivity index (χ1n) is 15.2. The van der Waals surface area contributed by atoms with E-state index in [0.717, 1.165) is 56.0 Å². The molecule has 0 bridgehead atoms. The topological polar surface area (TPSA) is 89.0 Å². The Labute approximate surface area is 258 Å². The number of rotatable bonds is 8. The number of hydrogen-bond acceptors (Lipinski definition) is 6. The highest BCUT2D eigenvalue weighted by molar-refractivity contribution is 6.05. The number of urea groups is 1. The van der Waals surface area contributed by atoms with Gasteiger partial charge < -0.3 is 10.0 Å². The first-order chi connectivity index (χ1) is 21.5. The van der Waals surface area contributed by atoms with Crippen molar-refractivity contribution in [2.24, 2.45) is 0 Å². The summed E-state index contributed by atoms with van der Waals surface area (Å²) in [6.07, 6.45) is 2.89. The first-order valence-corrected chi connectivity index (χ1v) is 15.2. The number of amides is 3. The molecule has 3 aromatic carbocycles. The fraction of sp³-hybridized carbons (Fsp3) is 0.250. The summed E-state index contributed by atoms with van der Waals surface area (Å²) in [7, 11) is 0. The van der Waals surface area contributed by atoms with E-state index in [1.165, 1.54) is 22.4 Å². The molecule has 3 amide bonds. The molecule has 44 heavy (non-hydrogen) atoms. The van der Waals surface area contributed by atoms with Crippen LogP contribution in [0.15, 0.2) is 97.2 Å². The summed E-state index contributed by atoms with van der Waals surface area (Å²) in [6, 6.07) is 30.3. The van der Waals surface area contributed by atoms with E-state index in [0.29, 0.717) is 18.7 Å². The average Bonchev–Trinajstić information content (AvgIpc) is 3.06. The lowest BCUT2D eigenvalue weighted by atomic mass is 9.88. The van der Waals surface area contributed by atoms with E-state index in [2.05, 4.69) is 75.6 Å². The molecule has 0 unspecified atom stereocenters. The normalized spacial score (nSPS) is 16.5. The maximum Gasteiger partial charge on any atom is 0.328 e. The number of imide groups is 1. The predicted octanol–water partition coefficient (Wildman–Crippen LogP) is 5.92. The lowest BCUT2D eigenvalue weighted by Gasteiger charge is -2.36. The summed E-state index contributed by atoms with van der Waals surface area (Å²) in [5, 5.41) is 12.3. The van der Waals surface area contributed by atoms with E-state index in [1.807, 2.05) is 30.3 Å². The van der Waals surface area contributed by atoms with Crippen molar-refractivity contribution in [2.45, 2.75) is 26.3 Å². The van der Waals surface area contributed by atoms with E-state index in [1.54, 1.807) is 23.2 Å². The summed E-state index contributed by atoms with van der Waals surface area (Å²) >= 11 is 0. The summed E-state index contributed by atoms with van der Waals surface area (Å²) in [5.74, 6) is 0.0219. The number of benzene rings is 3. The number of carbonyl (C=O) groups is 2. The fourth-order valence-electron chi connectivity index (χ4n) is 6.02. The van der Waals surface area contributed by atoms with Gasteiger partial charge in [-0.2, -0.15) is 0 Å². The van der Waals surface area contributed by atoms with E-state index >= 15 is 0 Å². The molecular formula is C36H37N5O3. The summed E-state index contributed by atoms with van der Waals surface area (Å²) in [6.45, 7) is 7.00. The molecule has 2 aliphatic rings. The zero-order valence-corrected chi connectivity index (χ0v) is 24.9. The van der Waals surface area contributed by atoms with Gasteiger partial charge in [-0.1, -0.05) is 61.5 Å². The van der Waals surface area contributed by atoms with Gasteiger partial charge in [0.05, 0.1) is 17.6 Å². The van der Waals surface area contributed by atoms with Gasteiger partial charge >= 0.3 is 6.03 Å². The number of nitrogens with zero attached hydrogens (tertiary/aromatic N) is 4. The van der Waals surface area contributed by atoms with Crippen molar-refractivity contribution in [3.05, 3.63) is 120 Å². The largest absolute Gasteiger partial charge is 0.508 e. The molecule has 2 N–H and O–H groups in total. The van der Waals surface area contributed by atoms with Gasteiger partial charge in [0.2, 0.25) is 5.91 Å². The van der Waals surface area contributed by atoms with E-state index < -0.39 is 6.03 Å². The van der Waals surface area contributed by atoms with Crippen LogP contribution in [0.1, 0.15) is 42.1 Å². The molecule has 0 radical (unpaired) electrons. The van der Waals surface area contributed by atoms with Crippen molar-refractivity contribution in [1.82, 2.24) is 15.2 Å². The Morgan fingerprint density at radius 2 is 1.43 bits per heavy atom. The van der Waals surface area contributed by atoms with Crippen molar-refractivity contribution in [3.63, 3.8) is 0 Å². The lowest BCUT2D eigenvalue weighted by Crippen LogP contribution is -2.49. The van der Waals surface area contributed by atoms with Crippen molar-refractivity contribution < 1.29 is 14.7 Å². The molecule has 8 heteroatoms. The van der Waals surface area contributed by atoms with Gasteiger partial charge in [-0.25, -0.2) is 4.79 Å². The van der Waals surface area contributed by atoms with Gasteiger partial charge in [-0.15, -0.1) is 0 Å². The number of phenolic OH excluding ortho intramolecular Hbond substituents is 1. The van der Waals surface area contributed by atoms with Gasteiger partial charge in [-0.05, 0) is 70.7 Å². The molecule has 1 aromatic heterocycles. The Bertz CT molecular complexity index is 1630. The lowest BCUT2D eigenvalue weighted by molar-refractivity contribution is -0.120. The SMILES string of the molecule is CCC(=C(c1ccc(O)cc1)c1ccc(N2CCN(Cc3ccc(N4CCC(=O)NC4=O)cn3)CC2)cc1)c1ccccc1. The second kappa shape index (κ2) is 13.1. The summed E-state index contributed by atoms with van der Waals surface area (Å²) in [5.41, 5.74) is 8.76. The van der Waals surface area contributed by atoms with E-state index in [9.17, 15) is 14.7 Å². The third-order valence-electron chi connectivity index (χ3n) is 8.39. The van der Waals surface area contributed by atoms with Gasteiger partial charge in [0.25, 0.3) is 0 Å². The van der Waals surface area contributed by atoms with Crippen LogP contribution in [0.3, 0.4) is 0 Å². The summed E-state index contributed by atoms with van der Waals surface area (Å²) < 4.78 is 0. The number of pyridine rings is 1. The van der Waals surface area contributed by atoms with Crippen molar-refractivity contribution in [2.75, 3.05) is 42.5 Å². The van der Waals surface area contributed by atoms with Crippen LogP contribution in [-0.2, 0) is 11.3 Å². The molecule has 0 spiro atoms. The van der Waals surface area contributed by atoms with Crippen molar-refractivity contribution in [3.8, 4) is 5.75 Å². The monoisotopic (exact) mass is 587 g/mol. The Morgan fingerprint density at radius 1 is 0.773 bits per heavy atom. The minimum atomic E-state index is -0.394. The maximum absolute atomic E-state index is 12.1. The third kappa shape index (κ3) is 6.50. The van der Waals surface area contributed by atoms with Crippen LogP contribution in [0.4, 0.5) is 16.2 Å². The van der Waals surface area contributed by atoms with Gasteiger partial charge in [-0.3, -0.25) is 24.9 Å². The number of phenols is 1.